The molecule has 0 N–H and O–H groups in total. The summed E-state index contributed by atoms with van der Waals surface area (Å²) in [6.45, 7) is 6.41. The lowest BCUT2D eigenvalue weighted by Gasteiger charge is -2.38. The molecule has 0 rings (SSSR count). The molecule has 0 saturated carbocycles. The van der Waals surface area contributed by atoms with Gasteiger partial charge in [0.15, 0.2) is 0 Å². The topological polar surface area (TPSA) is 0 Å². The summed E-state index contributed by atoms with van der Waals surface area (Å²) in [6.07, 6.45) is 0. The SMILES string of the molecule is C[SiH2]C[Si](C)(C)C(Cl)(Cl)[Si](Cl)(Cl)Cl. The Morgan fingerprint density at radius 1 is 1.15 bits per heavy atom. The van der Waals surface area contributed by atoms with E-state index in [2.05, 4.69) is 19.6 Å². The Bertz CT molecular complexity index is 175. The summed E-state index contributed by atoms with van der Waals surface area (Å²) in [4.78, 5) is 0. The summed E-state index contributed by atoms with van der Waals surface area (Å²) >= 11 is 30.1. The number of hydrogen-bond donors (Lipinski definition) is 0. The van der Waals surface area contributed by atoms with Gasteiger partial charge in [0.2, 0.25) is 0 Å². The van der Waals surface area contributed by atoms with Crippen molar-refractivity contribution in [1.29, 1.82) is 0 Å². The van der Waals surface area contributed by atoms with E-state index in [1.54, 1.807) is 0 Å². The van der Waals surface area contributed by atoms with Gasteiger partial charge in [-0.25, -0.2) is 0 Å². The van der Waals surface area contributed by atoms with Crippen molar-refractivity contribution in [3.63, 3.8) is 0 Å². The van der Waals surface area contributed by atoms with Gasteiger partial charge in [-0.05, 0) is 0 Å². The zero-order chi connectivity index (χ0) is 10.9. The molecule has 80 valence electrons. The van der Waals surface area contributed by atoms with E-state index in [9.17, 15) is 0 Å². The van der Waals surface area contributed by atoms with Crippen LogP contribution in [0.1, 0.15) is 0 Å². The van der Waals surface area contributed by atoms with Gasteiger partial charge in [0, 0.05) is 9.52 Å². The fraction of sp³-hybridized carbons (Fsp3) is 1.00. The Kier molecular flexibility index (Phi) is 5.76. The predicted octanol–water partition coefficient (Wildman–Crippen LogP) is 3.78. The lowest BCUT2D eigenvalue weighted by atomic mass is 11.7. The normalized spacial score (nSPS) is 15.7. The molecule has 0 aromatic rings. The van der Waals surface area contributed by atoms with Crippen molar-refractivity contribution in [3.05, 3.63) is 0 Å². The first-order valence-electron chi connectivity index (χ1n) is 4.01. The highest BCUT2D eigenvalue weighted by Crippen LogP contribution is 2.48. The maximum atomic E-state index is 6.20. The van der Waals surface area contributed by atoms with Crippen molar-refractivity contribution in [1.82, 2.24) is 0 Å². The number of alkyl halides is 2. The van der Waals surface area contributed by atoms with Crippen LogP contribution in [0.5, 0.6) is 0 Å². The molecular formula is C5H13Cl5Si3. The minimum atomic E-state index is -3.03. The minimum absolute atomic E-state index is 0.0888. The molecule has 0 fully saturated rings. The highest BCUT2D eigenvalue weighted by atomic mass is 35.8. The van der Waals surface area contributed by atoms with Crippen LogP contribution in [0.2, 0.25) is 25.3 Å². The van der Waals surface area contributed by atoms with Crippen molar-refractivity contribution in [2.24, 2.45) is 0 Å². The smallest absolute Gasteiger partial charge is 0.123 e. The molecule has 0 aromatic carbocycles. The van der Waals surface area contributed by atoms with E-state index in [1.165, 1.54) is 0 Å². The first kappa shape index (κ1) is 15.1. The second-order valence-electron chi connectivity index (χ2n) is 3.71. The van der Waals surface area contributed by atoms with Gasteiger partial charge < -0.3 is 0 Å². The van der Waals surface area contributed by atoms with Crippen molar-refractivity contribution >= 4 is 80.0 Å². The van der Waals surface area contributed by atoms with Crippen LogP contribution in [0.3, 0.4) is 0 Å². The van der Waals surface area contributed by atoms with Crippen LogP contribution in [-0.2, 0) is 0 Å². The molecule has 0 aliphatic heterocycles. The number of rotatable bonds is 4. The predicted molar refractivity (Wildman–Crippen MR) is 74.4 cm³/mol. The Morgan fingerprint density at radius 2 is 1.54 bits per heavy atom. The van der Waals surface area contributed by atoms with Crippen LogP contribution in [0.4, 0.5) is 0 Å². The van der Waals surface area contributed by atoms with Gasteiger partial charge in [0.1, 0.15) is 3.58 Å². The van der Waals surface area contributed by atoms with Crippen LogP contribution < -0.4 is 0 Å². The molecule has 0 aliphatic rings. The average Bonchev–Trinajstić information content (AvgIpc) is 1.84. The largest absolute Gasteiger partial charge is 0.372 e. The van der Waals surface area contributed by atoms with Gasteiger partial charge in [0.25, 0.3) is 0 Å². The van der Waals surface area contributed by atoms with E-state index in [-0.39, 0.29) is 9.52 Å². The van der Waals surface area contributed by atoms with Crippen molar-refractivity contribution in [2.75, 3.05) is 0 Å². The second kappa shape index (κ2) is 4.95. The standard InChI is InChI=1S/C5H13Cl5Si3/c1-11-4-12(2,3)5(6,7)13(8,9)10/h4,11H2,1-3H3. The van der Waals surface area contributed by atoms with Crippen LogP contribution in [-0.4, -0.2) is 27.2 Å². The molecular weight excluding hydrogens is 322 g/mol. The molecule has 0 aliphatic carbocycles. The van der Waals surface area contributed by atoms with Crippen LogP contribution in [0.25, 0.3) is 0 Å². The maximum absolute atomic E-state index is 6.20. The summed E-state index contributed by atoms with van der Waals surface area (Å²) in [5.41, 5.74) is 1.11. The number of halogens is 5. The Hall–Kier alpha value is 2.10. The Labute approximate surface area is 108 Å². The average molecular weight is 335 g/mol. The molecule has 0 unspecified atom stereocenters. The molecule has 0 amide bonds. The molecule has 0 saturated heterocycles. The van der Waals surface area contributed by atoms with Gasteiger partial charge in [-0.1, -0.05) is 25.3 Å². The van der Waals surface area contributed by atoms with Crippen molar-refractivity contribution in [3.8, 4) is 0 Å². The molecule has 0 bridgehead atoms. The van der Waals surface area contributed by atoms with E-state index < -0.39 is 17.7 Å². The Balaban J connectivity index is 4.81. The van der Waals surface area contributed by atoms with Gasteiger partial charge >= 0.3 is 6.00 Å². The summed E-state index contributed by atoms with van der Waals surface area (Å²) in [6, 6.07) is -3.03. The van der Waals surface area contributed by atoms with Crippen molar-refractivity contribution in [2.45, 2.75) is 28.9 Å². The highest BCUT2D eigenvalue weighted by molar-refractivity contribution is 7.70. The molecule has 0 atom stereocenters. The number of hydrogen-bond acceptors (Lipinski definition) is 0. The van der Waals surface area contributed by atoms with E-state index in [0.29, 0.717) is 0 Å². The molecule has 0 heterocycles. The molecule has 0 spiro atoms. The summed E-state index contributed by atoms with van der Waals surface area (Å²) in [7, 11) is -1.90. The van der Waals surface area contributed by atoms with E-state index >= 15 is 0 Å². The van der Waals surface area contributed by atoms with E-state index in [1.807, 2.05) is 0 Å². The van der Waals surface area contributed by atoms with Crippen LogP contribution in [0, 0.1) is 0 Å². The first-order chi connectivity index (χ1) is 5.56. The Morgan fingerprint density at radius 3 is 1.77 bits per heavy atom. The van der Waals surface area contributed by atoms with Gasteiger partial charge in [-0.15, -0.1) is 56.4 Å². The highest BCUT2D eigenvalue weighted by Gasteiger charge is 2.59. The third kappa shape index (κ3) is 3.55. The molecule has 0 radical (unpaired) electrons. The maximum Gasteiger partial charge on any atom is 0.372 e. The monoisotopic (exact) mass is 332 g/mol. The summed E-state index contributed by atoms with van der Waals surface area (Å²) < 4.78 is -1.06. The van der Waals surface area contributed by atoms with Crippen molar-refractivity contribution < 1.29 is 0 Å². The fourth-order valence-electron chi connectivity index (χ4n) is 1.17. The van der Waals surface area contributed by atoms with E-state index in [4.69, 9.17) is 56.4 Å². The van der Waals surface area contributed by atoms with E-state index in [0.717, 1.165) is 5.67 Å². The minimum Gasteiger partial charge on any atom is -0.123 e. The van der Waals surface area contributed by atoms with Crippen LogP contribution >= 0.6 is 56.4 Å². The van der Waals surface area contributed by atoms with Gasteiger partial charge in [0.05, 0.1) is 8.07 Å². The fourth-order valence-corrected chi connectivity index (χ4v) is 20.2. The quantitative estimate of drug-likeness (QED) is 0.417. The zero-order valence-electron chi connectivity index (χ0n) is 7.80. The molecule has 8 heteroatoms. The summed E-state index contributed by atoms with van der Waals surface area (Å²) in [5, 5.41) is 0. The molecule has 13 heavy (non-hydrogen) atoms. The summed E-state index contributed by atoms with van der Waals surface area (Å²) in [5.74, 6) is 0. The second-order valence-corrected chi connectivity index (χ2v) is 22.9. The third-order valence-electron chi connectivity index (χ3n) is 2.08. The third-order valence-corrected chi connectivity index (χ3v) is 25.1. The van der Waals surface area contributed by atoms with Gasteiger partial charge in [-0.2, -0.15) is 0 Å². The zero-order valence-corrected chi connectivity index (χ0v) is 15.0. The van der Waals surface area contributed by atoms with Gasteiger partial charge in [-0.3, -0.25) is 0 Å². The lowest BCUT2D eigenvalue weighted by molar-refractivity contribution is 1.43. The first-order valence-corrected chi connectivity index (χ1v) is 15.4. The molecule has 0 nitrogen and oxygen atoms in total. The lowest BCUT2D eigenvalue weighted by Crippen LogP contribution is -2.57. The molecule has 0 aromatic heterocycles. The van der Waals surface area contributed by atoms with Crippen LogP contribution in [0.15, 0.2) is 0 Å².